The summed E-state index contributed by atoms with van der Waals surface area (Å²) in [5.74, 6) is 0. The van der Waals surface area contributed by atoms with E-state index in [2.05, 4.69) is 53.4 Å². The Morgan fingerprint density at radius 1 is 0.800 bits per heavy atom. The molecule has 2 heteroatoms. The Morgan fingerprint density at radius 2 is 1.60 bits per heavy atom. The zero-order chi connectivity index (χ0) is 13.4. The first-order valence-electron chi connectivity index (χ1n) is 7.45. The summed E-state index contributed by atoms with van der Waals surface area (Å²) in [4.78, 5) is 7.32. The van der Waals surface area contributed by atoms with Crippen molar-refractivity contribution in [2.24, 2.45) is 0 Å². The van der Waals surface area contributed by atoms with E-state index in [-0.39, 0.29) is 0 Å². The highest BCUT2D eigenvalue weighted by molar-refractivity contribution is 5.99. The van der Waals surface area contributed by atoms with Crippen LogP contribution in [0.4, 0.5) is 5.69 Å². The number of piperidine rings is 1. The Balaban J connectivity index is 1.94. The highest BCUT2D eigenvalue weighted by Crippen LogP contribution is 2.30. The fourth-order valence-electron chi connectivity index (χ4n) is 3.19. The van der Waals surface area contributed by atoms with Gasteiger partial charge in [-0.25, -0.2) is 4.98 Å². The van der Waals surface area contributed by atoms with Gasteiger partial charge < -0.3 is 4.90 Å². The van der Waals surface area contributed by atoms with Gasteiger partial charge >= 0.3 is 0 Å². The monoisotopic (exact) mass is 262 g/mol. The highest BCUT2D eigenvalue weighted by atomic mass is 15.1. The first kappa shape index (κ1) is 11.7. The average Bonchev–Trinajstić information content (AvgIpc) is 2.53. The SMILES string of the molecule is c1ccc2nc3cccc(N4CCCCC4)c3cc2c1. The molecule has 2 nitrogen and oxygen atoms in total. The number of fused-ring (bicyclic) bond motifs is 2. The van der Waals surface area contributed by atoms with E-state index in [4.69, 9.17) is 4.98 Å². The van der Waals surface area contributed by atoms with Gasteiger partial charge in [0.25, 0.3) is 0 Å². The molecule has 1 aliphatic heterocycles. The van der Waals surface area contributed by atoms with E-state index in [1.165, 1.54) is 48.8 Å². The topological polar surface area (TPSA) is 16.1 Å². The molecule has 0 atom stereocenters. The van der Waals surface area contributed by atoms with E-state index in [0.717, 1.165) is 11.0 Å². The van der Waals surface area contributed by atoms with E-state index >= 15 is 0 Å². The maximum absolute atomic E-state index is 4.81. The lowest BCUT2D eigenvalue weighted by atomic mass is 10.1. The second kappa shape index (κ2) is 4.78. The number of nitrogens with zero attached hydrogens (tertiary/aromatic N) is 2. The van der Waals surface area contributed by atoms with Crippen LogP contribution in [-0.2, 0) is 0 Å². The quantitative estimate of drug-likeness (QED) is 0.605. The Hall–Kier alpha value is -2.09. The summed E-state index contributed by atoms with van der Waals surface area (Å²) in [6, 6.07) is 17.2. The molecule has 0 radical (unpaired) electrons. The van der Waals surface area contributed by atoms with Crippen molar-refractivity contribution in [1.82, 2.24) is 4.98 Å². The van der Waals surface area contributed by atoms with Crippen LogP contribution in [0.15, 0.2) is 48.5 Å². The summed E-state index contributed by atoms with van der Waals surface area (Å²) in [6.07, 6.45) is 3.97. The molecule has 1 fully saturated rings. The van der Waals surface area contributed by atoms with Gasteiger partial charge in [-0.05, 0) is 43.5 Å². The summed E-state index contributed by atoms with van der Waals surface area (Å²) >= 11 is 0. The Morgan fingerprint density at radius 3 is 2.50 bits per heavy atom. The maximum atomic E-state index is 4.81. The van der Waals surface area contributed by atoms with Crippen LogP contribution in [0.3, 0.4) is 0 Å². The molecule has 1 aliphatic rings. The van der Waals surface area contributed by atoms with E-state index in [9.17, 15) is 0 Å². The number of para-hydroxylation sites is 1. The minimum Gasteiger partial charge on any atom is -0.371 e. The van der Waals surface area contributed by atoms with Crippen molar-refractivity contribution in [3.8, 4) is 0 Å². The number of pyridine rings is 1. The van der Waals surface area contributed by atoms with Crippen molar-refractivity contribution in [3.63, 3.8) is 0 Å². The predicted octanol–water partition coefficient (Wildman–Crippen LogP) is 4.38. The van der Waals surface area contributed by atoms with E-state index in [1.54, 1.807) is 0 Å². The molecule has 0 amide bonds. The normalized spacial score (nSPS) is 15.9. The van der Waals surface area contributed by atoms with Crippen LogP contribution < -0.4 is 4.90 Å². The van der Waals surface area contributed by atoms with Gasteiger partial charge in [-0.3, -0.25) is 0 Å². The number of anilines is 1. The van der Waals surface area contributed by atoms with Crippen LogP contribution in [-0.4, -0.2) is 18.1 Å². The van der Waals surface area contributed by atoms with Gasteiger partial charge in [0.1, 0.15) is 0 Å². The summed E-state index contributed by atoms with van der Waals surface area (Å²) in [7, 11) is 0. The molecule has 1 aromatic heterocycles. The fourth-order valence-corrected chi connectivity index (χ4v) is 3.19. The fraction of sp³-hybridized carbons (Fsp3) is 0.278. The molecule has 0 saturated carbocycles. The van der Waals surface area contributed by atoms with Crippen molar-refractivity contribution in [3.05, 3.63) is 48.5 Å². The number of hydrogen-bond donors (Lipinski definition) is 0. The van der Waals surface area contributed by atoms with Gasteiger partial charge in [0, 0.05) is 29.5 Å². The summed E-state index contributed by atoms with van der Waals surface area (Å²) < 4.78 is 0. The van der Waals surface area contributed by atoms with Crippen LogP contribution >= 0.6 is 0 Å². The smallest absolute Gasteiger partial charge is 0.0730 e. The molecule has 2 aromatic carbocycles. The summed E-state index contributed by atoms with van der Waals surface area (Å²) in [5.41, 5.74) is 3.53. The van der Waals surface area contributed by atoms with Gasteiger partial charge in [0.05, 0.1) is 11.0 Å². The largest absolute Gasteiger partial charge is 0.371 e. The predicted molar refractivity (Wildman–Crippen MR) is 85.3 cm³/mol. The molecule has 4 rings (SSSR count). The van der Waals surface area contributed by atoms with Crippen LogP contribution in [0, 0.1) is 0 Å². The number of hydrogen-bond acceptors (Lipinski definition) is 2. The Kier molecular flexibility index (Phi) is 2.80. The molecule has 0 spiro atoms. The van der Waals surface area contributed by atoms with E-state index in [0.29, 0.717) is 0 Å². The first-order chi connectivity index (χ1) is 9.92. The standard InChI is InChI=1S/C18H18N2/c1-4-11-20(12-5-1)18-10-6-9-17-15(18)13-14-7-2-3-8-16(14)19-17/h2-3,6-10,13H,1,4-5,11-12H2. The third kappa shape index (κ3) is 1.92. The van der Waals surface area contributed by atoms with Crippen molar-refractivity contribution in [1.29, 1.82) is 0 Å². The van der Waals surface area contributed by atoms with Gasteiger partial charge in [-0.15, -0.1) is 0 Å². The second-order valence-electron chi connectivity index (χ2n) is 5.57. The van der Waals surface area contributed by atoms with Crippen LogP contribution in [0.2, 0.25) is 0 Å². The number of benzene rings is 2. The third-order valence-corrected chi connectivity index (χ3v) is 4.23. The minimum absolute atomic E-state index is 1.08. The second-order valence-corrected chi connectivity index (χ2v) is 5.57. The van der Waals surface area contributed by atoms with E-state index < -0.39 is 0 Å². The number of rotatable bonds is 1. The third-order valence-electron chi connectivity index (χ3n) is 4.23. The van der Waals surface area contributed by atoms with Gasteiger partial charge in [0.15, 0.2) is 0 Å². The van der Waals surface area contributed by atoms with Crippen LogP contribution in [0.1, 0.15) is 19.3 Å². The zero-order valence-electron chi connectivity index (χ0n) is 11.5. The van der Waals surface area contributed by atoms with Crippen LogP contribution in [0.25, 0.3) is 21.8 Å². The van der Waals surface area contributed by atoms with Crippen molar-refractivity contribution in [2.75, 3.05) is 18.0 Å². The molecule has 3 aromatic rings. The van der Waals surface area contributed by atoms with Crippen molar-refractivity contribution < 1.29 is 0 Å². The molecule has 1 saturated heterocycles. The molecule has 0 bridgehead atoms. The lowest BCUT2D eigenvalue weighted by Gasteiger charge is -2.29. The molecular formula is C18H18N2. The minimum atomic E-state index is 1.08. The van der Waals surface area contributed by atoms with Crippen molar-refractivity contribution in [2.45, 2.75) is 19.3 Å². The van der Waals surface area contributed by atoms with Crippen LogP contribution in [0.5, 0.6) is 0 Å². The van der Waals surface area contributed by atoms with Gasteiger partial charge in [-0.1, -0.05) is 24.3 Å². The molecule has 0 N–H and O–H groups in total. The van der Waals surface area contributed by atoms with Gasteiger partial charge in [-0.2, -0.15) is 0 Å². The van der Waals surface area contributed by atoms with E-state index in [1.807, 2.05) is 0 Å². The molecule has 0 unspecified atom stereocenters. The first-order valence-corrected chi connectivity index (χ1v) is 7.45. The summed E-state index contributed by atoms with van der Waals surface area (Å²) in [5, 5.41) is 2.51. The van der Waals surface area contributed by atoms with Crippen molar-refractivity contribution >= 4 is 27.5 Å². The Labute approximate surface area is 119 Å². The average molecular weight is 262 g/mol. The maximum Gasteiger partial charge on any atom is 0.0730 e. The Bertz CT molecular complexity index is 758. The summed E-state index contributed by atoms with van der Waals surface area (Å²) in [6.45, 7) is 2.35. The lowest BCUT2D eigenvalue weighted by Crippen LogP contribution is -2.29. The highest BCUT2D eigenvalue weighted by Gasteiger charge is 2.14. The molecule has 2 heterocycles. The molecule has 100 valence electrons. The number of aromatic nitrogens is 1. The zero-order valence-corrected chi connectivity index (χ0v) is 11.5. The van der Waals surface area contributed by atoms with Gasteiger partial charge in [0.2, 0.25) is 0 Å². The molecule has 20 heavy (non-hydrogen) atoms. The lowest BCUT2D eigenvalue weighted by molar-refractivity contribution is 0.579. The molecular weight excluding hydrogens is 244 g/mol. The molecule has 0 aliphatic carbocycles.